The zero-order valence-electron chi connectivity index (χ0n) is 16.3. The molecule has 0 atom stereocenters. The zero-order chi connectivity index (χ0) is 19.4. The lowest BCUT2D eigenvalue weighted by atomic mass is 9.99. The first kappa shape index (κ1) is 19.4. The van der Waals surface area contributed by atoms with E-state index in [2.05, 4.69) is 46.8 Å². The van der Waals surface area contributed by atoms with Crippen LogP contribution in [0, 0.1) is 20.8 Å². The number of hydrogen-bond donors (Lipinski definition) is 0. The van der Waals surface area contributed by atoms with E-state index in [9.17, 15) is 4.79 Å². The highest BCUT2D eigenvalue weighted by Gasteiger charge is 2.16. The number of benzene rings is 2. The van der Waals surface area contributed by atoms with Crippen molar-refractivity contribution in [2.45, 2.75) is 45.8 Å². The lowest BCUT2D eigenvalue weighted by molar-refractivity contribution is 0.102. The van der Waals surface area contributed by atoms with E-state index in [1.807, 2.05) is 38.1 Å². The third-order valence-electron chi connectivity index (χ3n) is 4.79. The number of aryl methyl sites for hydroxylation is 3. The summed E-state index contributed by atoms with van der Waals surface area (Å²) in [7, 11) is 0. The Morgan fingerprint density at radius 1 is 1.00 bits per heavy atom. The number of aromatic nitrogens is 3. The van der Waals surface area contributed by atoms with E-state index < -0.39 is 0 Å². The monoisotopic (exact) mass is 379 g/mol. The van der Waals surface area contributed by atoms with E-state index in [4.69, 9.17) is 0 Å². The van der Waals surface area contributed by atoms with Gasteiger partial charge in [-0.05, 0) is 56.0 Å². The highest BCUT2D eigenvalue weighted by molar-refractivity contribution is 7.99. The van der Waals surface area contributed by atoms with Crippen LogP contribution >= 0.6 is 11.8 Å². The number of thioether (sulfide) groups is 1. The van der Waals surface area contributed by atoms with Gasteiger partial charge in [-0.25, -0.2) is 0 Å². The van der Waals surface area contributed by atoms with Crippen LogP contribution in [0.3, 0.4) is 0 Å². The number of hydrogen-bond acceptors (Lipinski definition) is 4. The van der Waals surface area contributed by atoms with Gasteiger partial charge in [0.15, 0.2) is 10.9 Å². The number of ketones is 1. The van der Waals surface area contributed by atoms with E-state index in [-0.39, 0.29) is 5.78 Å². The smallest absolute Gasteiger partial charge is 0.191 e. The van der Waals surface area contributed by atoms with Crippen molar-refractivity contribution in [3.8, 4) is 0 Å². The van der Waals surface area contributed by atoms with Crippen molar-refractivity contribution in [3.05, 3.63) is 76.1 Å². The summed E-state index contributed by atoms with van der Waals surface area (Å²) in [5.74, 6) is 1.43. The van der Waals surface area contributed by atoms with Gasteiger partial charge in [0.05, 0.1) is 5.75 Å². The van der Waals surface area contributed by atoms with Crippen molar-refractivity contribution < 1.29 is 4.79 Å². The van der Waals surface area contributed by atoms with Crippen LogP contribution in [0.5, 0.6) is 0 Å². The summed E-state index contributed by atoms with van der Waals surface area (Å²) in [6, 6.07) is 14.3. The van der Waals surface area contributed by atoms with Crippen LogP contribution in [0.1, 0.15) is 45.4 Å². The molecule has 3 rings (SSSR count). The Balaban J connectivity index is 1.73. The van der Waals surface area contributed by atoms with E-state index in [1.165, 1.54) is 22.9 Å². The number of rotatable bonds is 7. The van der Waals surface area contributed by atoms with E-state index in [1.54, 1.807) is 0 Å². The average Bonchev–Trinajstić information content (AvgIpc) is 3.05. The van der Waals surface area contributed by atoms with E-state index in [0.29, 0.717) is 5.75 Å². The molecule has 5 heteroatoms. The van der Waals surface area contributed by atoms with E-state index >= 15 is 0 Å². The van der Waals surface area contributed by atoms with Crippen LogP contribution in [0.4, 0.5) is 0 Å². The van der Waals surface area contributed by atoms with Crippen molar-refractivity contribution in [1.82, 2.24) is 14.8 Å². The minimum absolute atomic E-state index is 0.135. The molecule has 3 aromatic rings. The molecular formula is C22H25N3OS. The van der Waals surface area contributed by atoms with Crippen LogP contribution in [-0.4, -0.2) is 26.3 Å². The molecule has 0 aliphatic rings. The van der Waals surface area contributed by atoms with Crippen LogP contribution in [0.25, 0.3) is 0 Å². The molecule has 2 aromatic carbocycles. The summed E-state index contributed by atoms with van der Waals surface area (Å²) in [5.41, 5.74) is 5.41. The lowest BCUT2D eigenvalue weighted by Crippen LogP contribution is -2.08. The highest BCUT2D eigenvalue weighted by Crippen LogP contribution is 2.22. The fourth-order valence-corrected chi connectivity index (χ4v) is 4.03. The van der Waals surface area contributed by atoms with Gasteiger partial charge in [0.2, 0.25) is 0 Å². The van der Waals surface area contributed by atoms with Crippen molar-refractivity contribution in [1.29, 1.82) is 0 Å². The van der Waals surface area contributed by atoms with Crippen LogP contribution in [0.2, 0.25) is 0 Å². The zero-order valence-corrected chi connectivity index (χ0v) is 17.1. The van der Waals surface area contributed by atoms with Gasteiger partial charge in [0, 0.05) is 18.5 Å². The Bertz CT molecular complexity index is 948. The van der Waals surface area contributed by atoms with Crippen molar-refractivity contribution >= 4 is 17.5 Å². The van der Waals surface area contributed by atoms with Crippen molar-refractivity contribution in [2.75, 3.05) is 5.75 Å². The molecule has 0 aliphatic heterocycles. The Labute approximate surface area is 165 Å². The quantitative estimate of drug-likeness (QED) is 0.437. The van der Waals surface area contributed by atoms with Crippen molar-refractivity contribution in [3.63, 3.8) is 0 Å². The Hall–Kier alpha value is -2.40. The molecule has 27 heavy (non-hydrogen) atoms. The largest absolute Gasteiger partial charge is 0.306 e. The fourth-order valence-electron chi connectivity index (χ4n) is 3.12. The normalized spacial score (nSPS) is 11.0. The summed E-state index contributed by atoms with van der Waals surface area (Å²) >= 11 is 1.46. The molecule has 0 fully saturated rings. The SMILES string of the molecule is CCn1c(Cc2ccccc2)nnc1SCC(=O)c1cc(C)c(C)cc1C. The van der Waals surface area contributed by atoms with Crippen molar-refractivity contribution in [2.24, 2.45) is 0 Å². The minimum atomic E-state index is 0.135. The van der Waals surface area contributed by atoms with Gasteiger partial charge in [-0.15, -0.1) is 10.2 Å². The van der Waals surface area contributed by atoms with Gasteiger partial charge in [-0.3, -0.25) is 4.79 Å². The first-order chi connectivity index (χ1) is 13.0. The van der Waals surface area contributed by atoms with Crippen LogP contribution < -0.4 is 0 Å². The molecule has 0 spiro atoms. The van der Waals surface area contributed by atoms with Crippen LogP contribution in [-0.2, 0) is 13.0 Å². The maximum atomic E-state index is 12.7. The molecule has 1 aromatic heterocycles. The Kier molecular flexibility index (Phi) is 6.11. The summed E-state index contributed by atoms with van der Waals surface area (Å²) in [6.45, 7) is 8.98. The van der Waals surface area contributed by atoms with Gasteiger partial charge in [-0.1, -0.05) is 48.2 Å². The molecule has 4 nitrogen and oxygen atoms in total. The summed E-state index contributed by atoms with van der Waals surface area (Å²) in [5, 5.41) is 9.49. The minimum Gasteiger partial charge on any atom is -0.306 e. The number of Topliss-reactive ketones (excluding diaryl/α,β-unsaturated/α-hetero) is 1. The molecule has 0 bridgehead atoms. The summed E-state index contributed by atoms with van der Waals surface area (Å²) in [4.78, 5) is 12.7. The standard InChI is InChI=1S/C22H25N3OS/c1-5-25-21(13-18-9-7-6-8-10-18)23-24-22(25)27-14-20(26)19-12-16(3)15(2)11-17(19)4/h6-12H,5,13-14H2,1-4H3. The highest BCUT2D eigenvalue weighted by atomic mass is 32.2. The van der Waals surface area contributed by atoms with Crippen LogP contribution in [0.15, 0.2) is 47.6 Å². The molecule has 1 heterocycles. The summed E-state index contributed by atoms with van der Waals surface area (Å²) < 4.78 is 2.10. The second-order valence-electron chi connectivity index (χ2n) is 6.77. The number of nitrogens with zero attached hydrogens (tertiary/aromatic N) is 3. The molecule has 0 amide bonds. The Morgan fingerprint density at radius 3 is 2.41 bits per heavy atom. The predicted octanol–water partition coefficient (Wildman–Crippen LogP) is 4.79. The molecule has 0 saturated carbocycles. The molecule has 0 saturated heterocycles. The second-order valence-corrected chi connectivity index (χ2v) is 7.71. The Morgan fingerprint density at radius 2 is 1.70 bits per heavy atom. The predicted molar refractivity (Wildman–Crippen MR) is 111 cm³/mol. The molecule has 0 radical (unpaired) electrons. The molecule has 140 valence electrons. The summed E-state index contributed by atoms with van der Waals surface area (Å²) in [6.07, 6.45) is 0.743. The number of carbonyl (C=O) groups excluding carboxylic acids is 1. The lowest BCUT2D eigenvalue weighted by Gasteiger charge is -2.10. The van der Waals surface area contributed by atoms with Gasteiger partial charge in [0.1, 0.15) is 5.82 Å². The van der Waals surface area contributed by atoms with Gasteiger partial charge < -0.3 is 4.57 Å². The van der Waals surface area contributed by atoms with E-state index in [0.717, 1.165) is 40.6 Å². The fraction of sp³-hybridized carbons (Fsp3) is 0.318. The average molecular weight is 380 g/mol. The third kappa shape index (κ3) is 4.48. The van der Waals surface area contributed by atoms with Gasteiger partial charge in [-0.2, -0.15) is 0 Å². The van der Waals surface area contributed by atoms with Gasteiger partial charge >= 0.3 is 0 Å². The first-order valence-corrected chi connectivity index (χ1v) is 10.2. The maximum Gasteiger partial charge on any atom is 0.191 e. The maximum absolute atomic E-state index is 12.7. The topological polar surface area (TPSA) is 47.8 Å². The molecule has 0 unspecified atom stereocenters. The molecule has 0 N–H and O–H groups in total. The molecule has 0 aliphatic carbocycles. The number of carbonyl (C=O) groups is 1. The van der Waals surface area contributed by atoms with Gasteiger partial charge in [0.25, 0.3) is 0 Å². The molecular weight excluding hydrogens is 354 g/mol. The first-order valence-electron chi connectivity index (χ1n) is 9.19. The third-order valence-corrected chi connectivity index (χ3v) is 5.75. The second kappa shape index (κ2) is 8.53.